The molecule has 26 heteroatoms. The van der Waals surface area contributed by atoms with Gasteiger partial charge in [0.05, 0.1) is 78.6 Å². The van der Waals surface area contributed by atoms with Gasteiger partial charge in [-0.1, -0.05) is 40.0 Å². The quantitative estimate of drug-likeness (QED) is 0.0992. The topological polar surface area (TPSA) is 375 Å². The predicted octanol–water partition coefficient (Wildman–Crippen LogP) is -0.638. The molecule has 1 unspecified atom stereocenters. The molecule has 1 aromatic heterocycles. The van der Waals surface area contributed by atoms with Crippen LogP contribution in [0.5, 0.6) is 5.75 Å². The van der Waals surface area contributed by atoms with Gasteiger partial charge in [0, 0.05) is 69.1 Å². The molecule has 0 aliphatic carbocycles. The van der Waals surface area contributed by atoms with Gasteiger partial charge in [0.15, 0.2) is 11.6 Å². The highest BCUT2D eigenvalue weighted by Gasteiger charge is 2.45. The Balaban J connectivity index is 1.61. The Kier molecular flexibility index (Phi) is 22.9. The third-order valence-corrected chi connectivity index (χ3v) is 15.9. The van der Waals surface area contributed by atoms with E-state index in [0.29, 0.717) is 42.6 Å². The first kappa shape index (κ1) is 63.3. The number of nitrogens with two attached hydrogens (primary N) is 1. The van der Waals surface area contributed by atoms with Crippen molar-refractivity contribution in [2.45, 2.75) is 153 Å². The highest BCUT2D eigenvalue weighted by Crippen LogP contribution is 2.33. The van der Waals surface area contributed by atoms with Gasteiger partial charge in [-0.2, -0.15) is 0 Å². The van der Waals surface area contributed by atoms with Crippen LogP contribution in [0.15, 0.2) is 23.2 Å². The molecule has 0 radical (unpaired) electrons. The van der Waals surface area contributed by atoms with Crippen molar-refractivity contribution in [2.24, 2.45) is 29.4 Å². The van der Waals surface area contributed by atoms with Gasteiger partial charge in [0.2, 0.25) is 41.4 Å². The standard InChI is InChI=1S/C53H79N9O16S/c1-8-28(2)45-49(73)56-23-43(69)57-37-27-79(76)50-35(34-14-13-33(22-36(34)58-50)77-16-12-10-9-11-15-61(7)52(75)78-53(4,5)6)17-30(47(71)55-24-44(70)59-45)18-40(66)46(29(3)41(67)26-63)60-48(72)38-21-32(64)25-62(38)51(74)31(19-39(37)65)20-42(54)68/h13-14,22,28-32,37-38,41,45-46,58,63-64,67H,8-12,15-21,23-27H2,1-7H3,(H2,54,68)(H,55,71)(H,56,73)(H,57,69)(H,59,70)(H,60,72)/t28-,29-,30+,31-,32+,37-,38-,41-,45-,46-,79?/m0/s1. The summed E-state index contributed by atoms with van der Waals surface area (Å²) in [7, 11) is -0.654. The molecule has 2 bridgehead atoms. The normalized spacial score (nSPS) is 25.6. The van der Waals surface area contributed by atoms with Crippen molar-refractivity contribution in [3.05, 3.63) is 23.8 Å². The second-order valence-electron chi connectivity index (χ2n) is 21.9. The number of amides is 8. The van der Waals surface area contributed by atoms with Gasteiger partial charge in [-0.15, -0.1) is 0 Å². The zero-order valence-corrected chi connectivity index (χ0v) is 46.9. The molecular weight excluding hydrogens is 1050 g/mol. The fourth-order valence-electron chi connectivity index (χ4n) is 9.77. The number of hydrogen-bond acceptors (Lipinski definition) is 16. The number of ether oxygens (including phenoxy) is 2. The van der Waals surface area contributed by atoms with E-state index in [1.54, 1.807) is 59.9 Å². The zero-order valence-electron chi connectivity index (χ0n) is 46.1. The van der Waals surface area contributed by atoms with Crippen molar-refractivity contribution >= 4 is 80.7 Å². The number of carbonyl (C=O) groups is 10. The Morgan fingerprint density at radius 2 is 1.56 bits per heavy atom. The lowest BCUT2D eigenvalue weighted by atomic mass is 9.85. The summed E-state index contributed by atoms with van der Waals surface area (Å²) in [6.07, 6.45) is -3.05. The van der Waals surface area contributed by atoms with Crippen LogP contribution in [0.4, 0.5) is 4.79 Å². The lowest BCUT2D eigenvalue weighted by Crippen LogP contribution is -2.56. The van der Waals surface area contributed by atoms with Gasteiger partial charge in [0.25, 0.3) is 0 Å². The largest absolute Gasteiger partial charge is 0.494 e. The molecule has 11 atom stereocenters. The van der Waals surface area contributed by atoms with Crippen LogP contribution in [0.2, 0.25) is 0 Å². The summed E-state index contributed by atoms with van der Waals surface area (Å²) in [5.74, 6) is -13.2. The number of nitrogens with one attached hydrogen (secondary N) is 6. The second kappa shape index (κ2) is 28.6. The van der Waals surface area contributed by atoms with E-state index in [1.807, 2.05) is 0 Å². The minimum Gasteiger partial charge on any atom is -0.494 e. The SMILES string of the molecule is CC[C@H](C)[C@@H]1NC(=O)CNC(=O)[C@H]2CC(=O)[C@H]([C@@H](C)[C@@H](O)CO)NC(=O)[C@@H]3C[C@@H](O)CN3C(=O)[C@H](CC(N)=O)CC(=O)[C@H](CS(=O)c3[nH]c4cc(OCCCCCCN(C)C(=O)OC(C)(C)C)ccc4c3C2)NC(=O)CNC1=O. The molecule has 3 aliphatic rings. The molecule has 5 rings (SSSR count). The molecule has 1 saturated heterocycles. The molecule has 1 fully saturated rings. The van der Waals surface area contributed by atoms with Crippen molar-refractivity contribution in [2.75, 3.05) is 52.2 Å². The van der Waals surface area contributed by atoms with Crippen molar-refractivity contribution in [3.63, 3.8) is 0 Å². The maximum Gasteiger partial charge on any atom is 0.410 e. The van der Waals surface area contributed by atoms with Crippen LogP contribution in [0, 0.1) is 23.7 Å². The van der Waals surface area contributed by atoms with Crippen molar-refractivity contribution in [1.29, 1.82) is 0 Å². The van der Waals surface area contributed by atoms with Gasteiger partial charge in [-0.05, 0) is 63.6 Å². The van der Waals surface area contributed by atoms with Crippen LogP contribution < -0.4 is 37.1 Å². The van der Waals surface area contributed by atoms with Crippen LogP contribution in [0.25, 0.3) is 10.9 Å². The molecular formula is C53H79N9O16S. The number of ketones is 2. The molecule has 11 N–H and O–H groups in total. The number of rotatable bonds is 15. The number of benzene rings is 1. The van der Waals surface area contributed by atoms with Crippen molar-refractivity contribution in [1.82, 2.24) is 41.4 Å². The van der Waals surface area contributed by atoms with Crippen molar-refractivity contribution < 1.29 is 76.9 Å². The average molecular weight is 1130 g/mol. The number of unbranched alkanes of at least 4 members (excludes halogenated alkanes) is 3. The summed E-state index contributed by atoms with van der Waals surface area (Å²) in [6, 6.07) is -1.20. The summed E-state index contributed by atoms with van der Waals surface area (Å²) in [6.45, 7) is 8.20. The van der Waals surface area contributed by atoms with E-state index in [9.17, 15) is 63.3 Å². The Bertz CT molecular complexity index is 2600. The number of Topliss-reactive ketones (excluding diaryl/α,β-unsaturated/α-hetero) is 2. The number of carbonyl (C=O) groups excluding carboxylic acids is 10. The number of aliphatic hydroxyl groups excluding tert-OH is 3. The van der Waals surface area contributed by atoms with E-state index in [2.05, 4.69) is 31.6 Å². The number of fused-ring (bicyclic) bond motifs is 5. The van der Waals surface area contributed by atoms with E-state index in [0.717, 1.165) is 24.2 Å². The molecule has 8 amide bonds. The smallest absolute Gasteiger partial charge is 0.410 e. The summed E-state index contributed by atoms with van der Waals surface area (Å²) in [5.41, 5.74) is 5.53. The highest BCUT2D eigenvalue weighted by molar-refractivity contribution is 7.85. The first-order chi connectivity index (χ1) is 37.2. The Labute approximate surface area is 461 Å². The predicted molar refractivity (Wildman–Crippen MR) is 286 cm³/mol. The minimum absolute atomic E-state index is 0.0574. The number of aliphatic hydroxyl groups is 3. The Morgan fingerprint density at radius 1 is 0.886 bits per heavy atom. The van der Waals surface area contributed by atoms with E-state index in [1.165, 1.54) is 11.8 Å². The first-order valence-corrected chi connectivity index (χ1v) is 28.2. The molecule has 438 valence electrons. The maximum atomic E-state index is 15.1. The van der Waals surface area contributed by atoms with E-state index in [-0.39, 0.29) is 23.4 Å². The number of aromatic nitrogens is 1. The maximum absolute atomic E-state index is 15.1. The van der Waals surface area contributed by atoms with E-state index in [4.69, 9.17) is 15.2 Å². The summed E-state index contributed by atoms with van der Waals surface area (Å²) in [4.78, 5) is 144. The monoisotopic (exact) mass is 1130 g/mol. The number of aromatic amines is 1. The van der Waals surface area contributed by atoms with Crippen LogP contribution in [0.1, 0.15) is 105 Å². The fourth-order valence-corrected chi connectivity index (χ4v) is 11.2. The Morgan fingerprint density at radius 3 is 2.22 bits per heavy atom. The lowest BCUT2D eigenvalue weighted by molar-refractivity contribution is -0.145. The minimum atomic E-state index is -2.33. The molecule has 79 heavy (non-hydrogen) atoms. The number of H-pyrrole nitrogens is 1. The van der Waals surface area contributed by atoms with E-state index < -0.39 is 187 Å². The third-order valence-electron chi connectivity index (χ3n) is 14.5. The second-order valence-corrected chi connectivity index (χ2v) is 23.3. The molecule has 3 aliphatic heterocycles. The molecule has 0 saturated carbocycles. The van der Waals surface area contributed by atoms with Crippen molar-refractivity contribution in [3.8, 4) is 5.75 Å². The average Bonchev–Trinajstić information content (AvgIpc) is 4.04. The summed E-state index contributed by atoms with van der Waals surface area (Å²) < 4.78 is 26.6. The Hall–Kier alpha value is -6.51. The number of hydrogen-bond donors (Lipinski definition) is 10. The highest BCUT2D eigenvalue weighted by atomic mass is 32.2. The van der Waals surface area contributed by atoms with Gasteiger partial charge >= 0.3 is 6.09 Å². The van der Waals surface area contributed by atoms with Gasteiger partial charge < -0.3 is 71.9 Å². The summed E-state index contributed by atoms with van der Waals surface area (Å²) >= 11 is 0. The van der Waals surface area contributed by atoms with Gasteiger partial charge in [0.1, 0.15) is 28.5 Å². The van der Waals surface area contributed by atoms with Crippen LogP contribution in [-0.4, -0.2) is 187 Å². The lowest BCUT2D eigenvalue weighted by Gasteiger charge is -2.32. The molecule has 2 aromatic rings. The number of nitrogens with zero attached hydrogens (tertiary/aromatic N) is 2. The summed E-state index contributed by atoms with van der Waals surface area (Å²) in [5, 5.41) is 44.8. The molecule has 0 spiro atoms. The number of primary amides is 1. The van der Waals surface area contributed by atoms with Gasteiger partial charge in [-0.25, -0.2) is 4.79 Å². The molecule has 1 aromatic carbocycles. The molecule has 4 heterocycles. The van der Waals surface area contributed by atoms with Crippen LogP contribution in [0.3, 0.4) is 0 Å². The fraction of sp³-hybridized carbons (Fsp3) is 0.660. The van der Waals surface area contributed by atoms with Crippen LogP contribution in [-0.2, 0) is 65.1 Å². The van der Waals surface area contributed by atoms with E-state index >= 15 is 4.21 Å². The first-order valence-electron chi connectivity index (χ1n) is 26.9. The third kappa shape index (κ3) is 17.7. The van der Waals surface area contributed by atoms with Gasteiger partial charge in [-0.3, -0.25) is 47.4 Å². The zero-order chi connectivity index (χ0) is 58.5. The van der Waals surface area contributed by atoms with Crippen LogP contribution >= 0.6 is 0 Å². The molecule has 25 nitrogen and oxygen atoms in total.